The summed E-state index contributed by atoms with van der Waals surface area (Å²) in [5, 5.41) is 0. The van der Waals surface area contributed by atoms with E-state index in [0.29, 0.717) is 6.54 Å². The zero-order chi connectivity index (χ0) is 15.2. The van der Waals surface area contributed by atoms with Crippen LogP contribution in [0.15, 0.2) is 18.2 Å². The second-order valence-electron chi connectivity index (χ2n) is 6.37. The monoisotopic (exact) mass is 292 g/mol. The third-order valence-corrected chi connectivity index (χ3v) is 4.84. The highest BCUT2D eigenvalue weighted by molar-refractivity contribution is 5.30. The zero-order valence-electron chi connectivity index (χ0n) is 13.4. The first kappa shape index (κ1) is 16.4. The van der Waals surface area contributed by atoms with Crippen LogP contribution in [0.25, 0.3) is 0 Å². The van der Waals surface area contributed by atoms with Crippen molar-refractivity contribution in [1.29, 1.82) is 0 Å². The Morgan fingerprint density at radius 3 is 2.86 bits per heavy atom. The van der Waals surface area contributed by atoms with Gasteiger partial charge in [0.2, 0.25) is 0 Å². The average Bonchev–Trinajstić information content (AvgIpc) is 2.70. The van der Waals surface area contributed by atoms with Gasteiger partial charge in [-0.05, 0) is 68.5 Å². The second-order valence-corrected chi connectivity index (χ2v) is 6.37. The van der Waals surface area contributed by atoms with Gasteiger partial charge in [-0.3, -0.25) is 4.90 Å². The van der Waals surface area contributed by atoms with Crippen molar-refractivity contribution in [2.24, 2.45) is 11.7 Å². The normalized spacial score (nSPS) is 22.0. The molecule has 21 heavy (non-hydrogen) atoms. The van der Waals surface area contributed by atoms with E-state index in [-0.39, 0.29) is 11.9 Å². The van der Waals surface area contributed by atoms with Crippen molar-refractivity contribution >= 4 is 0 Å². The molecule has 2 N–H and O–H groups in total. The molecular weight excluding hydrogens is 263 g/mol. The molecule has 2 nitrogen and oxygen atoms in total. The molecule has 1 aromatic carbocycles. The van der Waals surface area contributed by atoms with Gasteiger partial charge in [0.1, 0.15) is 5.82 Å². The standard InChI is InChI=1S/C18H29FN2/c1-3-5-15-6-4-10-21(11-9-15)18(13-20)17-12-16(19)8-7-14(17)2/h7-8,12,15,18H,3-6,9-11,13,20H2,1-2H3. The SMILES string of the molecule is CCCC1CCCN(C(CN)c2cc(F)ccc2C)CC1. The molecule has 1 saturated heterocycles. The summed E-state index contributed by atoms with van der Waals surface area (Å²) in [6.45, 7) is 7.04. The van der Waals surface area contributed by atoms with Gasteiger partial charge in [0.15, 0.2) is 0 Å². The molecule has 1 aliphatic heterocycles. The van der Waals surface area contributed by atoms with Crippen molar-refractivity contribution in [2.75, 3.05) is 19.6 Å². The first-order chi connectivity index (χ1) is 10.2. The lowest BCUT2D eigenvalue weighted by Crippen LogP contribution is -2.35. The highest BCUT2D eigenvalue weighted by Gasteiger charge is 2.24. The maximum atomic E-state index is 13.6. The van der Waals surface area contributed by atoms with Gasteiger partial charge in [-0.2, -0.15) is 0 Å². The minimum absolute atomic E-state index is 0.154. The van der Waals surface area contributed by atoms with E-state index in [9.17, 15) is 4.39 Å². The van der Waals surface area contributed by atoms with Crippen molar-refractivity contribution in [3.05, 3.63) is 35.1 Å². The summed E-state index contributed by atoms with van der Waals surface area (Å²) < 4.78 is 13.6. The largest absolute Gasteiger partial charge is 0.329 e. The second kappa shape index (κ2) is 7.90. The lowest BCUT2D eigenvalue weighted by molar-refractivity contribution is 0.205. The molecule has 2 rings (SSSR count). The van der Waals surface area contributed by atoms with Gasteiger partial charge in [0, 0.05) is 12.6 Å². The number of rotatable bonds is 5. The predicted molar refractivity (Wildman–Crippen MR) is 86.8 cm³/mol. The average molecular weight is 292 g/mol. The molecule has 0 radical (unpaired) electrons. The van der Waals surface area contributed by atoms with E-state index in [4.69, 9.17) is 5.73 Å². The number of nitrogens with zero attached hydrogens (tertiary/aromatic N) is 1. The fourth-order valence-corrected chi connectivity index (χ4v) is 3.64. The Kier molecular flexibility index (Phi) is 6.19. The van der Waals surface area contributed by atoms with E-state index in [1.165, 1.54) is 38.2 Å². The van der Waals surface area contributed by atoms with Crippen molar-refractivity contribution in [3.8, 4) is 0 Å². The summed E-state index contributed by atoms with van der Waals surface area (Å²) >= 11 is 0. The Bertz CT molecular complexity index is 447. The van der Waals surface area contributed by atoms with E-state index in [0.717, 1.165) is 30.1 Å². The highest BCUT2D eigenvalue weighted by atomic mass is 19.1. The van der Waals surface area contributed by atoms with Crippen LogP contribution in [0.4, 0.5) is 4.39 Å². The quantitative estimate of drug-likeness (QED) is 0.887. The van der Waals surface area contributed by atoms with Gasteiger partial charge in [0.25, 0.3) is 0 Å². The Hall–Kier alpha value is -0.930. The number of nitrogens with two attached hydrogens (primary N) is 1. The van der Waals surface area contributed by atoms with E-state index >= 15 is 0 Å². The third kappa shape index (κ3) is 4.27. The molecule has 1 heterocycles. The van der Waals surface area contributed by atoms with Gasteiger partial charge < -0.3 is 5.73 Å². The molecule has 0 aromatic heterocycles. The molecule has 2 unspecified atom stereocenters. The summed E-state index contributed by atoms with van der Waals surface area (Å²) in [5.74, 6) is 0.694. The summed E-state index contributed by atoms with van der Waals surface area (Å²) in [6.07, 6.45) is 6.41. The zero-order valence-corrected chi connectivity index (χ0v) is 13.4. The molecule has 0 aliphatic carbocycles. The molecule has 2 atom stereocenters. The van der Waals surface area contributed by atoms with E-state index in [1.54, 1.807) is 6.07 Å². The predicted octanol–water partition coefficient (Wildman–Crippen LogP) is 4.04. The van der Waals surface area contributed by atoms with Crippen LogP contribution >= 0.6 is 0 Å². The third-order valence-electron chi connectivity index (χ3n) is 4.84. The topological polar surface area (TPSA) is 29.3 Å². The fourth-order valence-electron chi connectivity index (χ4n) is 3.64. The number of benzene rings is 1. The molecule has 0 amide bonds. The molecule has 1 aromatic rings. The first-order valence-electron chi connectivity index (χ1n) is 8.35. The Balaban J connectivity index is 2.12. The lowest BCUT2D eigenvalue weighted by atomic mass is 9.96. The van der Waals surface area contributed by atoms with E-state index in [1.807, 2.05) is 6.07 Å². The minimum atomic E-state index is -0.160. The molecule has 0 spiro atoms. The number of hydrogen-bond acceptors (Lipinski definition) is 2. The van der Waals surface area contributed by atoms with Gasteiger partial charge in [-0.15, -0.1) is 0 Å². The summed E-state index contributed by atoms with van der Waals surface area (Å²) in [7, 11) is 0. The Morgan fingerprint density at radius 1 is 1.33 bits per heavy atom. The highest BCUT2D eigenvalue weighted by Crippen LogP contribution is 2.29. The van der Waals surface area contributed by atoms with Crippen molar-refractivity contribution in [2.45, 2.75) is 52.0 Å². The van der Waals surface area contributed by atoms with Crippen LogP contribution in [-0.2, 0) is 0 Å². The van der Waals surface area contributed by atoms with Crippen LogP contribution in [-0.4, -0.2) is 24.5 Å². The van der Waals surface area contributed by atoms with Crippen LogP contribution in [0.3, 0.4) is 0 Å². The molecule has 0 saturated carbocycles. The van der Waals surface area contributed by atoms with Crippen LogP contribution in [0.5, 0.6) is 0 Å². The molecule has 1 aliphatic rings. The van der Waals surface area contributed by atoms with Gasteiger partial charge in [-0.25, -0.2) is 4.39 Å². The van der Waals surface area contributed by atoms with Crippen LogP contribution in [0.2, 0.25) is 0 Å². The maximum absolute atomic E-state index is 13.6. The lowest BCUT2D eigenvalue weighted by Gasteiger charge is -2.31. The number of hydrogen-bond donors (Lipinski definition) is 1. The first-order valence-corrected chi connectivity index (χ1v) is 8.35. The Morgan fingerprint density at radius 2 is 2.14 bits per heavy atom. The summed E-state index contributed by atoms with van der Waals surface area (Å²) in [4.78, 5) is 2.47. The molecule has 118 valence electrons. The smallest absolute Gasteiger partial charge is 0.123 e. The minimum Gasteiger partial charge on any atom is -0.329 e. The molecule has 1 fully saturated rings. The van der Waals surface area contributed by atoms with Crippen LogP contribution < -0.4 is 5.73 Å². The fraction of sp³-hybridized carbons (Fsp3) is 0.667. The number of likely N-dealkylation sites (tertiary alicyclic amines) is 1. The van der Waals surface area contributed by atoms with E-state index in [2.05, 4.69) is 18.7 Å². The van der Waals surface area contributed by atoms with Crippen molar-refractivity contribution < 1.29 is 4.39 Å². The van der Waals surface area contributed by atoms with Crippen molar-refractivity contribution in [1.82, 2.24) is 4.90 Å². The van der Waals surface area contributed by atoms with Gasteiger partial charge in [0.05, 0.1) is 0 Å². The van der Waals surface area contributed by atoms with Gasteiger partial charge in [-0.1, -0.05) is 25.8 Å². The molecular formula is C18H29FN2. The number of aryl methyl sites for hydroxylation is 1. The number of halogens is 1. The van der Waals surface area contributed by atoms with Crippen molar-refractivity contribution in [3.63, 3.8) is 0 Å². The Labute approximate surface area is 128 Å². The molecule has 0 bridgehead atoms. The van der Waals surface area contributed by atoms with E-state index < -0.39 is 0 Å². The maximum Gasteiger partial charge on any atom is 0.123 e. The summed E-state index contributed by atoms with van der Waals surface area (Å²) in [5.41, 5.74) is 8.24. The van der Waals surface area contributed by atoms with Gasteiger partial charge >= 0.3 is 0 Å². The van der Waals surface area contributed by atoms with Crippen LogP contribution in [0, 0.1) is 18.7 Å². The summed E-state index contributed by atoms with van der Waals surface area (Å²) in [6, 6.07) is 5.22. The molecule has 3 heteroatoms. The van der Waals surface area contributed by atoms with Crippen LogP contribution in [0.1, 0.15) is 56.2 Å².